The number of benzene rings is 1. The molecule has 1 rings (SSSR count). The predicted octanol–water partition coefficient (Wildman–Crippen LogP) is 2.78. The number of carboxylic acid groups (broad SMARTS) is 1. The highest BCUT2D eigenvalue weighted by molar-refractivity contribution is 6.31. The number of hydrogen-bond donors (Lipinski definition) is 3. The normalized spacial score (nSPS) is 10.1. The molecular weight excluding hydrogens is 280 g/mol. The summed E-state index contributed by atoms with van der Waals surface area (Å²) in [6, 6.07) is 7.09. The van der Waals surface area contributed by atoms with Gasteiger partial charge in [-0.05, 0) is 24.5 Å². The van der Waals surface area contributed by atoms with Gasteiger partial charge in [-0.15, -0.1) is 0 Å². The van der Waals surface area contributed by atoms with Crippen molar-refractivity contribution in [2.24, 2.45) is 0 Å². The minimum absolute atomic E-state index is 0.179. The third-order valence-corrected chi connectivity index (χ3v) is 3.12. The Balaban J connectivity index is 2.09. The van der Waals surface area contributed by atoms with Crippen molar-refractivity contribution in [3.8, 4) is 0 Å². The maximum Gasteiger partial charge on any atom is 0.315 e. The van der Waals surface area contributed by atoms with E-state index in [1.54, 1.807) is 6.07 Å². The Kier molecular flexibility index (Phi) is 7.50. The Bertz CT molecular complexity index is 452. The average Bonchev–Trinajstić information content (AvgIpc) is 2.41. The fourth-order valence-corrected chi connectivity index (χ4v) is 1.86. The summed E-state index contributed by atoms with van der Waals surface area (Å²) in [5, 5.41) is 14.5. The van der Waals surface area contributed by atoms with Gasteiger partial charge in [0.05, 0.1) is 0 Å². The minimum Gasteiger partial charge on any atom is -0.481 e. The molecule has 0 heterocycles. The Morgan fingerprint density at radius 3 is 2.55 bits per heavy atom. The number of unbranched alkanes of at least 4 members (excludes halogenated alkanes) is 2. The van der Waals surface area contributed by atoms with Crippen LogP contribution in [0.1, 0.15) is 31.2 Å². The van der Waals surface area contributed by atoms with Gasteiger partial charge in [0.15, 0.2) is 0 Å². The lowest BCUT2D eigenvalue weighted by atomic mass is 10.2. The van der Waals surface area contributed by atoms with Crippen LogP contribution in [0, 0.1) is 0 Å². The van der Waals surface area contributed by atoms with Gasteiger partial charge in [-0.1, -0.05) is 36.2 Å². The molecular formula is C14H19ClN2O3. The summed E-state index contributed by atoms with van der Waals surface area (Å²) in [6.07, 6.45) is 2.38. The maximum atomic E-state index is 11.5. The lowest BCUT2D eigenvalue weighted by Gasteiger charge is -2.08. The molecule has 0 aromatic heterocycles. The molecule has 0 radical (unpaired) electrons. The van der Waals surface area contributed by atoms with Crippen LogP contribution in [0.15, 0.2) is 24.3 Å². The van der Waals surface area contributed by atoms with Crippen LogP contribution < -0.4 is 10.6 Å². The molecule has 0 aliphatic heterocycles. The molecule has 3 N–H and O–H groups in total. The summed E-state index contributed by atoms with van der Waals surface area (Å²) in [5.74, 6) is -0.782. The second-order valence-corrected chi connectivity index (χ2v) is 4.81. The van der Waals surface area contributed by atoms with Crippen LogP contribution in [0.3, 0.4) is 0 Å². The van der Waals surface area contributed by atoms with Crippen LogP contribution >= 0.6 is 11.6 Å². The van der Waals surface area contributed by atoms with E-state index in [1.807, 2.05) is 18.2 Å². The lowest BCUT2D eigenvalue weighted by molar-refractivity contribution is -0.137. The van der Waals surface area contributed by atoms with Gasteiger partial charge >= 0.3 is 12.0 Å². The molecule has 20 heavy (non-hydrogen) atoms. The van der Waals surface area contributed by atoms with E-state index in [1.165, 1.54) is 0 Å². The molecule has 2 amide bonds. The van der Waals surface area contributed by atoms with Crippen molar-refractivity contribution in [2.45, 2.75) is 32.2 Å². The van der Waals surface area contributed by atoms with E-state index in [0.717, 1.165) is 18.4 Å². The largest absolute Gasteiger partial charge is 0.481 e. The van der Waals surface area contributed by atoms with Crippen molar-refractivity contribution in [3.63, 3.8) is 0 Å². The second-order valence-electron chi connectivity index (χ2n) is 4.41. The summed E-state index contributed by atoms with van der Waals surface area (Å²) in [6.45, 7) is 0.915. The first-order valence-corrected chi connectivity index (χ1v) is 6.94. The van der Waals surface area contributed by atoms with Gasteiger partial charge in [0.1, 0.15) is 0 Å². The summed E-state index contributed by atoms with van der Waals surface area (Å²) in [7, 11) is 0. The number of nitrogens with one attached hydrogen (secondary N) is 2. The number of halogens is 1. The molecule has 0 aliphatic carbocycles. The van der Waals surface area contributed by atoms with Crippen molar-refractivity contribution >= 4 is 23.6 Å². The van der Waals surface area contributed by atoms with Crippen molar-refractivity contribution < 1.29 is 14.7 Å². The molecule has 0 aliphatic rings. The highest BCUT2D eigenvalue weighted by Crippen LogP contribution is 2.14. The molecule has 0 atom stereocenters. The fraction of sp³-hybridized carbons (Fsp3) is 0.429. The first-order valence-electron chi connectivity index (χ1n) is 6.56. The van der Waals surface area contributed by atoms with Crippen LogP contribution in [0.5, 0.6) is 0 Å². The zero-order valence-electron chi connectivity index (χ0n) is 11.2. The molecule has 6 heteroatoms. The smallest absolute Gasteiger partial charge is 0.315 e. The topological polar surface area (TPSA) is 78.4 Å². The molecule has 0 spiro atoms. The van der Waals surface area contributed by atoms with Crippen molar-refractivity contribution in [2.75, 3.05) is 6.54 Å². The summed E-state index contributed by atoms with van der Waals surface area (Å²) < 4.78 is 0. The van der Waals surface area contributed by atoms with Crippen molar-refractivity contribution in [3.05, 3.63) is 34.9 Å². The Morgan fingerprint density at radius 1 is 1.10 bits per heavy atom. The number of aliphatic carboxylic acids is 1. The Hall–Kier alpha value is -1.75. The summed E-state index contributed by atoms with van der Waals surface area (Å²) in [5.41, 5.74) is 0.866. The van der Waals surface area contributed by atoms with Gasteiger partial charge in [-0.25, -0.2) is 4.79 Å². The van der Waals surface area contributed by atoms with Gasteiger partial charge in [0.25, 0.3) is 0 Å². The number of rotatable bonds is 8. The number of carbonyl (C=O) groups is 2. The molecule has 1 aromatic rings. The Morgan fingerprint density at radius 2 is 1.85 bits per heavy atom. The third kappa shape index (κ3) is 6.99. The molecule has 0 fully saturated rings. The van der Waals surface area contributed by atoms with E-state index in [-0.39, 0.29) is 12.5 Å². The number of hydrogen-bond acceptors (Lipinski definition) is 2. The monoisotopic (exact) mass is 298 g/mol. The number of carbonyl (C=O) groups excluding carboxylic acids is 1. The van der Waals surface area contributed by atoms with Gasteiger partial charge in [0.2, 0.25) is 0 Å². The van der Waals surface area contributed by atoms with E-state index < -0.39 is 5.97 Å². The molecule has 0 bridgehead atoms. The summed E-state index contributed by atoms with van der Waals surface area (Å²) in [4.78, 5) is 21.8. The molecule has 0 saturated carbocycles. The van der Waals surface area contributed by atoms with E-state index in [2.05, 4.69) is 10.6 Å². The zero-order chi connectivity index (χ0) is 14.8. The van der Waals surface area contributed by atoms with Gasteiger partial charge in [-0.2, -0.15) is 0 Å². The highest BCUT2D eigenvalue weighted by atomic mass is 35.5. The van der Waals surface area contributed by atoms with Gasteiger partial charge in [-0.3, -0.25) is 4.79 Å². The molecule has 1 aromatic carbocycles. The first kappa shape index (κ1) is 16.3. The van der Waals surface area contributed by atoms with Gasteiger partial charge < -0.3 is 15.7 Å². The lowest BCUT2D eigenvalue weighted by Crippen LogP contribution is -2.35. The number of amides is 2. The van der Waals surface area contributed by atoms with Gasteiger partial charge in [0, 0.05) is 24.5 Å². The van der Waals surface area contributed by atoms with Crippen LogP contribution in [0.2, 0.25) is 5.02 Å². The zero-order valence-corrected chi connectivity index (χ0v) is 11.9. The minimum atomic E-state index is -0.782. The fourth-order valence-electron chi connectivity index (χ4n) is 1.66. The average molecular weight is 299 g/mol. The Labute approximate surface area is 123 Å². The van der Waals surface area contributed by atoms with Crippen molar-refractivity contribution in [1.29, 1.82) is 0 Å². The molecule has 110 valence electrons. The van der Waals surface area contributed by atoms with Crippen LogP contribution in [-0.4, -0.2) is 23.7 Å². The van der Waals surface area contributed by atoms with E-state index in [4.69, 9.17) is 16.7 Å². The van der Waals surface area contributed by atoms with Crippen LogP contribution in [0.25, 0.3) is 0 Å². The second kappa shape index (κ2) is 9.20. The first-order chi connectivity index (χ1) is 9.59. The SMILES string of the molecule is O=C(O)CCCCCNC(=O)NCc1ccccc1Cl. The molecule has 5 nitrogen and oxygen atoms in total. The maximum absolute atomic E-state index is 11.5. The highest BCUT2D eigenvalue weighted by Gasteiger charge is 2.02. The van der Waals surface area contributed by atoms with Crippen molar-refractivity contribution in [1.82, 2.24) is 10.6 Å². The molecule has 0 saturated heterocycles. The summed E-state index contributed by atoms with van der Waals surface area (Å²) >= 11 is 5.98. The predicted molar refractivity (Wildman–Crippen MR) is 77.8 cm³/mol. The quantitative estimate of drug-likeness (QED) is 0.646. The van der Waals surface area contributed by atoms with Crippen LogP contribution in [-0.2, 0) is 11.3 Å². The number of carboxylic acids is 1. The third-order valence-electron chi connectivity index (χ3n) is 2.75. The standard InChI is InChI=1S/C14H19ClN2O3/c15-12-7-4-3-6-11(12)10-17-14(20)16-9-5-1-2-8-13(18)19/h3-4,6-7H,1-2,5,8-10H2,(H,18,19)(H2,16,17,20). The number of urea groups is 1. The van der Waals surface area contributed by atoms with E-state index >= 15 is 0 Å². The molecule has 0 unspecified atom stereocenters. The van der Waals surface area contributed by atoms with E-state index in [0.29, 0.717) is 24.5 Å². The van der Waals surface area contributed by atoms with Crippen LogP contribution in [0.4, 0.5) is 4.79 Å². The van der Waals surface area contributed by atoms with E-state index in [9.17, 15) is 9.59 Å².